The molecule has 3 heteroatoms. The fourth-order valence-electron chi connectivity index (χ4n) is 3.47. The van der Waals surface area contributed by atoms with Gasteiger partial charge in [0.25, 0.3) is 5.91 Å². The van der Waals surface area contributed by atoms with E-state index in [9.17, 15) is 4.79 Å². The van der Waals surface area contributed by atoms with E-state index in [2.05, 4.69) is 35.4 Å². The summed E-state index contributed by atoms with van der Waals surface area (Å²) < 4.78 is 0. The number of nitrogens with one attached hydrogen (secondary N) is 2. The van der Waals surface area contributed by atoms with E-state index < -0.39 is 0 Å². The van der Waals surface area contributed by atoms with Gasteiger partial charge in [0.05, 0.1) is 0 Å². The van der Waals surface area contributed by atoms with Crippen LogP contribution in [0.3, 0.4) is 0 Å². The number of hydrogen-bond acceptors (Lipinski definition) is 1. The molecular weight excluding hydrogens is 284 g/mol. The molecule has 3 aromatic rings. The molecule has 2 aromatic carbocycles. The summed E-state index contributed by atoms with van der Waals surface area (Å²) in [6.45, 7) is 4.14. The van der Waals surface area contributed by atoms with Gasteiger partial charge in [-0.3, -0.25) is 4.79 Å². The van der Waals surface area contributed by atoms with Crippen molar-refractivity contribution in [2.24, 2.45) is 0 Å². The lowest BCUT2D eigenvalue weighted by molar-refractivity contribution is 0.0938. The van der Waals surface area contributed by atoms with Crippen molar-refractivity contribution in [3.63, 3.8) is 0 Å². The Morgan fingerprint density at radius 1 is 1.04 bits per heavy atom. The molecule has 23 heavy (non-hydrogen) atoms. The second kappa shape index (κ2) is 5.27. The molecule has 0 radical (unpaired) electrons. The van der Waals surface area contributed by atoms with Crippen LogP contribution in [0.2, 0.25) is 0 Å². The normalized spacial score (nSPS) is 16.5. The van der Waals surface area contributed by atoms with Crippen LogP contribution in [0.15, 0.2) is 42.5 Å². The third-order valence-electron chi connectivity index (χ3n) is 4.70. The van der Waals surface area contributed by atoms with E-state index in [0.29, 0.717) is 0 Å². The van der Waals surface area contributed by atoms with Gasteiger partial charge < -0.3 is 10.3 Å². The van der Waals surface area contributed by atoms with Gasteiger partial charge in [0, 0.05) is 34.6 Å². The molecule has 1 aliphatic carbocycles. The van der Waals surface area contributed by atoms with Crippen LogP contribution in [0.1, 0.15) is 32.7 Å². The second-order valence-corrected chi connectivity index (χ2v) is 6.58. The van der Waals surface area contributed by atoms with Crippen LogP contribution < -0.4 is 5.32 Å². The summed E-state index contributed by atoms with van der Waals surface area (Å²) in [7, 11) is 0. The maximum Gasteiger partial charge on any atom is 0.251 e. The average Bonchev–Trinajstić information content (AvgIpc) is 3.05. The molecule has 1 aromatic heterocycles. The topological polar surface area (TPSA) is 44.9 Å². The number of fused-ring (bicyclic) bond motifs is 3. The van der Waals surface area contributed by atoms with E-state index in [1.165, 1.54) is 33.3 Å². The Bertz CT molecular complexity index is 890. The Kier molecular flexibility index (Phi) is 3.22. The lowest BCUT2D eigenvalue weighted by Gasteiger charge is -2.12. The highest BCUT2D eigenvalue weighted by Gasteiger charge is 2.26. The Labute approximate surface area is 135 Å². The van der Waals surface area contributed by atoms with Crippen molar-refractivity contribution < 1.29 is 4.79 Å². The zero-order valence-electron chi connectivity index (χ0n) is 13.4. The minimum atomic E-state index is 0.0145. The molecule has 3 nitrogen and oxygen atoms in total. The minimum absolute atomic E-state index is 0.0145. The predicted octanol–water partition coefficient (Wildman–Crippen LogP) is 3.68. The maximum atomic E-state index is 12.4. The molecule has 116 valence electrons. The minimum Gasteiger partial charge on any atom is -0.358 e. The SMILES string of the molecule is Cc1ccc(C(=O)NC2Cc3[nH]c4ccc(C)cc4c3C2)cc1. The van der Waals surface area contributed by atoms with E-state index in [-0.39, 0.29) is 11.9 Å². The van der Waals surface area contributed by atoms with Crippen molar-refractivity contribution in [2.75, 3.05) is 0 Å². The predicted molar refractivity (Wildman–Crippen MR) is 92.9 cm³/mol. The summed E-state index contributed by atoms with van der Waals surface area (Å²) in [4.78, 5) is 15.9. The van der Waals surface area contributed by atoms with Gasteiger partial charge in [0.1, 0.15) is 0 Å². The Hall–Kier alpha value is -2.55. The molecule has 0 aliphatic heterocycles. The van der Waals surface area contributed by atoms with Gasteiger partial charge in [-0.15, -0.1) is 0 Å². The number of aryl methyl sites for hydroxylation is 2. The number of rotatable bonds is 2. The molecule has 4 rings (SSSR count). The Balaban J connectivity index is 1.53. The van der Waals surface area contributed by atoms with Crippen molar-refractivity contribution in [1.82, 2.24) is 10.3 Å². The first-order valence-electron chi connectivity index (χ1n) is 8.08. The van der Waals surface area contributed by atoms with E-state index >= 15 is 0 Å². The highest BCUT2D eigenvalue weighted by molar-refractivity contribution is 5.94. The number of H-pyrrole nitrogens is 1. The smallest absolute Gasteiger partial charge is 0.251 e. The van der Waals surface area contributed by atoms with Crippen LogP contribution in [-0.4, -0.2) is 16.9 Å². The summed E-state index contributed by atoms with van der Waals surface area (Å²) in [6.07, 6.45) is 1.77. The Morgan fingerprint density at radius 3 is 2.57 bits per heavy atom. The van der Waals surface area contributed by atoms with Gasteiger partial charge >= 0.3 is 0 Å². The molecule has 0 saturated heterocycles. The third kappa shape index (κ3) is 2.52. The van der Waals surface area contributed by atoms with E-state index in [1.54, 1.807) is 0 Å². The van der Waals surface area contributed by atoms with Crippen molar-refractivity contribution >= 4 is 16.8 Å². The first-order chi connectivity index (χ1) is 11.1. The highest BCUT2D eigenvalue weighted by Crippen LogP contribution is 2.30. The molecule has 1 aliphatic rings. The third-order valence-corrected chi connectivity index (χ3v) is 4.70. The van der Waals surface area contributed by atoms with Crippen LogP contribution in [0.5, 0.6) is 0 Å². The lowest BCUT2D eigenvalue weighted by atomic mass is 10.1. The monoisotopic (exact) mass is 304 g/mol. The molecular formula is C20H20N2O. The summed E-state index contributed by atoms with van der Waals surface area (Å²) in [5.74, 6) is 0.0145. The van der Waals surface area contributed by atoms with Crippen molar-refractivity contribution in [2.45, 2.75) is 32.7 Å². The standard InChI is InChI=1S/C20H20N2O/c1-12-3-6-14(7-4-12)20(23)21-15-10-17-16-9-13(2)5-8-18(16)22-19(17)11-15/h3-9,15,22H,10-11H2,1-2H3,(H,21,23). The largest absolute Gasteiger partial charge is 0.358 e. The van der Waals surface area contributed by atoms with Crippen molar-refractivity contribution in [3.05, 3.63) is 70.4 Å². The summed E-state index contributed by atoms with van der Waals surface area (Å²) in [5.41, 5.74) is 6.99. The number of carbonyl (C=O) groups excluding carboxylic acids is 1. The van der Waals surface area contributed by atoms with Crippen molar-refractivity contribution in [1.29, 1.82) is 0 Å². The number of benzene rings is 2. The van der Waals surface area contributed by atoms with Crippen LogP contribution in [0, 0.1) is 13.8 Å². The van der Waals surface area contributed by atoms with Gasteiger partial charge in [-0.05, 0) is 50.1 Å². The fourth-order valence-corrected chi connectivity index (χ4v) is 3.47. The van der Waals surface area contributed by atoms with Crippen LogP contribution in [-0.2, 0) is 12.8 Å². The molecule has 1 atom stereocenters. The van der Waals surface area contributed by atoms with Gasteiger partial charge in [-0.25, -0.2) is 0 Å². The summed E-state index contributed by atoms with van der Waals surface area (Å²) in [6, 6.07) is 14.4. The molecule has 1 amide bonds. The number of carbonyl (C=O) groups is 1. The molecule has 0 bridgehead atoms. The zero-order chi connectivity index (χ0) is 16.0. The second-order valence-electron chi connectivity index (χ2n) is 6.58. The quantitative estimate of drug-likeness (QED) is 0.745. The first kappa shape index (κ1) is 14.1. The van der Waals surface area contributed by atoms with Gasteiger partial charge in [-0.2, -0.15) is 0 Å². The Morgan fingerprint density at radius 2 is 1.78 bits per heavy atom. The number of aromatic nitrogens is 1. The number of aromatic amines is 1. The summed E-state index contributed by atoms with van der Waals surface area (Å²) >= 11 is 0. The van der Waals surface area contributed by atoms with Gasteiger partial charge in [0.2, 0.25) is 0 Å². The summed E-state index contributed by atoms with van der Waals surface area (Å²) in [5, 5.41) is 4.47. The van der Waals surface area contributed by atoms with Gasteiger partial charge in [0.15, 0.2) is 0 Å². The first-order valence-corrected chi connectivity index (χ1v) is 8.08. The maximum absolute atomic E-state index is 12.4. The van der Waals surface area contributed by atoms with Crippen LogP contribution in [0.25, 0.3) is 10.9 Å². The highest BCUT2D eigenvalue weighted by atomic mass is 16.1. The molecule has 0 saturated carbocycles. The van der Waals surface area contributed by atoms with E-state index in [0.717, 1.165) is 18.4 Å². The van der Waals surface area contributed by atoms with Crippen LogP contribution >= 0.6 is 0 Å². The van der Waals surface area contributed by atoms with Crippen molar-refractivity contribution in [3.8, 4) is 0 Å². The number of amides is 1. The average molecular weight is 304 g/mol. The molecule has 1 unspecified atom stereocenters. The molecule has 0 spiro atoms. The van der Waals surface area contributed by atoms with Gasteiger partial charge in [-0.1, -0.05) is 29.3 Å². The lowest BCUT2D eigenvalue weighted by Crippen LogP contribution is -2.35. The number of hydrogen-bond donors (Lipinski definition) is 2. The zero-order valence-corrected chi connectivity index (χ0v) is 13.4. The van der Waals surface area contributed by atoms with E-state index in [4.69, 9.17) is 0 Å². The molecule has 1 heterocycles. The van der Waals surface area contributed by atoms with E-state index in [1.807, 2.05) is 31.2 Å². The van der Waals surface area contributed by atoms with Crippen LogP contribution in [0.4, 0.5) is 0 Å². The fraction of sp³-hybridized carbons (Fsp3) is 0.250. The molecule has 2 N–H and O–H groups in total. The molecule has 0 fully saturated rings.